The zero-order valence-corrected chi connectivity index (χ0v) is 13.0. The number of aryl methyl sites for hydroxylation is 1. The van der Waals surface area contributed by atoms with Crippen molar-refractivity contribution in [2.75, 3.05) is 0 Å². The number of hydrogen-bond donors (Lipinski definition) is 1. The number of imide groups is 1. The summed E-state index contributed by atoms with van der Waals surface area (Å²) in [6.45, 7) is 10.6. The van der Waals surface area contributed by atoms with Crippen LogP contribution in [0.15, 0.2) is 18.2 Å². The van der Waals surface area contributed by atoms with Gasteiger partial charge < -0.3 is 0 Å². The van der Waals surface area contributed by atoms with Gasteiger partial charge in [-0.25, -0.2) is 0 Å². The average molecular weight is 273 g/mol. The normalized spacial score (nSPS) is 18.9. The van der Waals surface area contributed by atoms with Crippen LogP contribution in [0.25, 0.3) is 0 Å². The number of hydrogen-bond acceptors (Lipinski definition) is 2. The van der Waals surface area contributed by atoms with Crippen LogP contribution in [-0.4, -0.2) is 11.8 Å². The highest BCUT2D eigenvalue weighted by molar-refractivity contribution is 5.99. The molecule has 1 aromatic carbocycles. The van der Waals surface area contributed by atoms with Crippen molar-refractivity contribution in [3.63, 3.8) is 0 Å². The van der Waals surface area contributed by atoms with Crippen LogP contribution in [0.5, 0.6) is 0 Å². The van der Waals surface area contributed by atoms with Crippen molar-refractivity contribution in [2.45, 2.75) is 58.3 Å². The quantitative estimate of drug-likeness (QED) is 0.800. The minimum absolute atomic E-state index is 0.0553. The lowest BCUT2D eigenvalue weighted by atomic mass is 9.71. The number of carbonyl (C=O) groups is 2. The van der Waals surface area contributed by atoms with Gasteiger partial charge in [0.25, 0.3) is 0 Å². The molecule has 3 nitrogen and oxygen atoms in total. The Labute approximate surface area is 120 Å². The smallest absolute Gasteiger partial charge is 0.227 e. The summed E-state index contributed by atoms with van der Waals surface area (Å²) >= 11 is 0. The first-order chi connectivity index (χ1) is 9.12. The summed E-state index contributed by atoms with van der Waals surface area (Å²) in [6.07, 6.45) is 0.736. The first-order valence-electron chi connectivity index (χ1n) is 7.06. The predicted octanol–water partition coefficient (Wildman–Crippen LogP) is 2.99. The molecule has 0 saturated carbocycles. The Morgan fingerprint density at radius 2 is 1.65 bits per heavy atom. The van der Waals surface area contributed by atoms with Crippen molar-refractivity contribution in [3.8, 4) is 0 Å². The Kier molecular flexibility index (Phi) is 3.49. The molecule has 1 heterocycles. The van der Waals surface area contributed by atoms with Crippen LogP contribution in [0.1, 0.15) is 57.2 Å². The molecule has 3 heteroatoms. The van der Waals surface area contributed by atoms with Gasteiger partial charge in [0.2, 0.25) is 11.8 Å². The van der Waals surface area contributed by atoms with Gasteiger partial charge >= 0.3 is 0 Å². The Hall–Kier alpha value is -1.64. The third kappa shape index (κ3) is 2.77. The highest BCUT2D eigenvalue weighted by atomic mass is 16.2. The summed E-state index contributed by atoms with van der Waals surface area (Å²) < 4.78 is 0. The Balaban J connectivity index is 2.50. The molecule has 1 saturated heterocycles. The maximum absolute atomic E-state index is 11.7. The van der Waals surface area contributed by atoms with Gasteiger partial charge in [0.1, 0.15) is 0 Å². The van der Waals surface area contributed by atoms with Crippen LogP contribution in [0.4, 0.5) is 0 Å². The van der Waals surface area contributed by atoms with E-state index >= 15 is 0 Å². The van der Waals surface area contributed by atoms with E-state index in [1.165, 1.54) is 5.56 Å². The summed E-state index contributed by atoms with van der Waals surface area (Å²) in [6, 6.07) is 6.40. The molecule has 0 atom stereocenters. The van der Waals surface area contributed by atoms with Gasteiger partial charge in [0.05, 0.1) is 0 Å². The second-order valence-electron chi connectivity index (χ2n) is 7.17. The zero-order valence-electron chi connectivity index (χ0n) is 13.0. The minimum atomic E-state index is -0.398. The van der Waals surface area contributed by atoms with Crippen LogP contribution < -0.4 is 5.32 Å². The third-order valence-electron chi connectivity index (χ3n) is 4.13. The van der Waals surface area contributed by atoms with Gasteiger partial charge in [-0.1, -0.05) is 45.9 Å². The lowest BCUT2D eigenvalue weighted by Crippen LogP contribution is -2.45. The van der Waals surface area contributed by atoms with E-state index in [-0.39, 0.29) is 17.2 Å². The largest absolute Gasteiger partial charge is 0.296 e. The zero-order chi connectivity index (χ0) is 15.1. The standard InChI is InChI=1S/C17H23NO2/c1-11-6-7-12(16(2,3)4)8-13(11)17(5)9-14(19)18-15(20)10-17/h6-8H,9-10H2,1-5H3,(H,18,19,20). The minimum Gasteiger partial charge on any atom is -0.296 e. The molecular formula is C17H23NO2. The third-order valence-corrected chi connectivity index (χ3v) is 4.13. The van der Waals surface area contributed by atoms with E-state index in [4.69, 9.17) is 0 Å². The average Bonchev–Trinajstić information content (AvgIpc) is 2.25. The molecule has 0 spiro atoms. The maximum atomic E-state index is 11.7. The van der Waals surface area contributed by atoms with Gasteiger partial charge in [-0.05, 0) is 29.0 Å². The number of carbonyl (C=O) groups excluding carboxylic acids is 2. The fourth-order valence-corrected chi connectivity index (χ4v) is 2.94. The van der Waals surface area contributed by atoms with Crippen molar-refractivity contribution in [1.82, 2.24) is 5.32 Å². The lowest BCUT2D eigenvalue weighted by molar-refractivity contribution is -0.135. The number of rotatable bonds is 1. The first-order valence-corrected chi connectivity index (χ1v) is 7.06. The van der Waals surface area contributed by atoms with E-state index in [0.29, 0.717) is 12.8 Å². The Bertz CT molecular complexity index is 551. The number of nitrogens with one attached hydrogen (secondary N) is 1. The lowest BCUT2D eigenvalue weighted by Gasteiger charge is -2.35. The molecule has 2 rings (SSSR count). The molecule has 1 N–H and O–H groups in total. The molecule has 20 heavy (non-hydrogen) atoms. The van der Waals surface area contributed by atoms with Gasteiger partial charge in [0, 0.05) is 18.3 Å². The van der Waals surface area contributed by atoms with Crippen molar-refractivity contribution in [1.29, 1.82) is 0 Å². The van der Waals surface area contributed by atoms with E-state index < -0.39 is 5.41 Å². The second-order valence-corrected chi connectivity index (χ2v) is 7.17. The molecule has 1 aromatic rings. The first kappa shape index (κ1) is 14.8. The highest BCUT2D eigenvalue weighted by Gasteiger charge is 2.38. The molecule has 2 amide bonds. The predicted molar refractivity (Wildman–Crippen MR) is 79.6 cm³/mol. The van der Waals surface area contributed by atoms with E-state index in [2.05, 4.69) is 44.3 Å². The SMILES string of the molecule is Cc1ccc(C(C)(C)C)cc1C1(C)CC(=O)NC(=O)C1. The molecule has 0 aliphatic carbocycles. The number of benzene rings is 1. The van der Waals surface area contributed by atoms with Crippen LogP contribution in [0, 0.1) is 6.92 Å². The molecule has 0 aromatic heterocycles. The van der Waals surface area contributed by atoms with Crippen LogP contribution in [0.3, 0.4) is 0 Å². The summed E-state index contributed by atoms with van der Waals surface area (Å²) in [7, 11) is 0. The summed E-state index contributed by atoms with van der Waals surface area (Å²) in [4.78, 5) is 23.4. The molecule has 0 unspecified atom stereocenters. The molecule has 0 bridgehead atoms. The van der Waals surface area contributed by atoms with Gasteiger partial charge in [-0.15, -0.1) is 0 Å². The van der Waals surface area contributed by atoms with Gasteiger partial charge in [-0.2, -0.15) is 0 Å². The molecule has 1 fully saturated rings. The van der Waals surface area contributed by atoms with Crippen molar-refractivity contribution in [2.24, 2.45) is 0 Å². The Morgan fingerprint density at radius 3 is 2.15 bits per heavy atom. The van der Waals surface area contributed by atoms with Crippen LogP contribution in [0.2, 0.25) is 0 Å². The van der Waals surface area contributed by atoms with E-state index in [9.17, 15) is 9.59 Å². The van der Waals surface area contributed by atoms with Crippen molar-refractivity contribution in [3.05, 3.63) is 34.9 Å². The summed E-state index contributed by atoms with van der Waals surface area (Å²) in [5, 5.41) is 2.39. The summed E-state index contributed by atoms with van der Waals surface area (Å²) in [5.74, 6) is -0.353. The summed E-state index contributed by atoms with van der Waals surface area (Å²) in [5.41, 5.74) is 3.15. The monoisotopic (exact) mass is 273 g/mol. The van der Waals surface area contributed by atoms with Gasteiger partial charge in [-0.3, -0.25) is 14.9 Å². The van der Waals surface area contributed by atoms with E-state index in [1.807, 2.05) is 13.8 Å². The maximum Gasteiger partial charge on any atom is 0.227 e. The molecule has 108 valence electrons. The van der Waals surface area contributed by atoms with Crippen molar-refractivity contribution >= 4 is 11.8 Å². The van der Waals surface area contributed by atoms with E-state index in [0.717, 1.165) is 11.1 Å². The van der Waals surface area contributed by atoms with Crippen LogP contribution >= 0.6 is 0 Å². The molecular weight excluding hydrogens is 250 g/mol. The molecule has 1 aliphatic rings. The number of amides is 2. The molecule has 0 radical (unpaired) electrons. The second kappa shape index (κ2) is 4.72. The Morgan fingerprint density at radius 1 is 1.10 bits per heavy atom. The molecule has 1 aliphatic heterocycles. The fraction of sp³-hybridized carbons (Fsp3) is 0.529. The van der Waals surface area contributed by atoms with Gasteiger partial charge in [0.15, 0.2) is 0 Å². The number of piperidine rings is 1. The van der Waals surface area contributed by atoms with Crippen molar-refractivity contribution < 1.29 is 9.59 Å². The van der Waals surface area contributed by atoms with Crippen LogP contribution in [-0.2, 0) is 20.4 Å². The van der Waals surface area contributed by atoms with E-state index in [1.54, 1.807) is 0 Å². The topological polar surface area (TPSA) is 46.2 Å². The fourth-order valence-electron chi connectivity index (χ4n) is 2.94. The highest BCUT2D eigenvalue weighted by Crippen LogP contribution is 2.37.